The van der Waals surface area contributed by atoms with Crippen LogP contribution in [0.3, 0.4) is 0 Å². The maximum Gasteiger partial charge on any atom is 0.309 e. The molecule has 3 saturated carbocycles. The Morgan fingerprint density at radius 2 is 1.55 bits per heavy atom. The lowest BCUT2D eigenvalue weighted by atomic mass is 9.48. The molecule has 0 amide bonds. The van der Waals surface area contributed by atoms with Crippen LogP contribution in [0.2, 0.25) is 0 Å². The van der Waals surface area contributed by atoms with E-state index in [0.717, 1.165) is 32.1 Å². The Morgan fingerprint density at radius 3 is 2.11 bits per heavy atom. The van der Waals surface area contributed by atoms with Gasteiger partial charge >= 0.3 is 23.9 Å². The van der Waals surface area contributed by atoms with Crippen molar-refractivity contribution in [1.82, 2.24) is 0 Å². The second-order valence-electron chi connectivity index (χ2n) is 15.3. The molecule has 4 rings (SSSR count). The average molecular weight is 621 g/mol. The van der Waals surface area contributed by atoms with Crippen molar-refractivity contribution in [1.29, 1.82) is 0 Å². The van der Waals surface area contributed by atoms with Crippen LogP contribution in [0.15, 0.2) is 0 Å². The second-order valence-corrected chi connectivity index (χ2v) is 15.3. The third-order valence-electron chi connectivity index (χ3n) is 12.6. The molecule has 4 fully saturated rings. The highest BCUT2D eigenvalue weighted by atomic mass is 16.6. The number of aliphatic hydroxyl groups is 1. The van der Waals surface area contributed by atoms with Gasteiger partial charge in [-0.2, -0.15) is 0 Å². The average Bonchev–Trinajstić information content (AvgIpc) is 3.23. The van der Waals surface area contributed by atoms with E-state index in [4.69, 9.17) is 18.9 Å². The van der Waals surface area contributed by atoms with Gasteiger partial charge in [-0.3, -0.25) is 19.2 Å². The van der Waals surface area contributed by atoms with Crippen molar-refractivity contribution in [3.63, 3.8) is 0 Å². The molecule has 1 heterocycles. The molecular weight excluding hydrogens is 564 g/mol. The lowest BCUT2D eigenvalue weighted by Gasteiger charge is -2.56. The summed E-state index contributed by atoms with van der Waals surface area (Å²) in [6.07, 6.45) is 2.64. The normalized spacial score (nSPS) is 39.3. The van der Waals surface area contributed by atoms with Crippen LogP contribution in [0.1, 0.15) is 107 Å². The topological polar surface area (TPSA) is 125 Å². The molecule has 1 aliphatic heterocycles. The minimum Gasteiger partial charge on any atom is -0.465 e. The third kappa shape index (κ3) is 6.41. The van der Waals surface area contributed by atoms with Gasteiger partial charge in [-0.15, -0.1) is 0 Å². The van der Waals surface area contributed by atoms with Crippen molar-refractivity contribution in [3.8, 4) is 0 Å². The molecule has 6 unspecified atom stereocenters. The van der Waals surface area contributed by atoms with Crippen LogP contribution in [0.25, 0.3) is 0 Å². The van der Waals surface area contributed by atoms with Crippen molar-refractivity contribution in [3.05, 3.63) is 0 Å². The molecule has 44 heavy (non-hydrogen) atoms. The van der Waals surface area contributed by atoms with Crippen LogP contribution in [0, 0.1) is 58.2 Å². The Balaban J connectivity index is 1.61. The van der Waals surface area contributed by atoms with Crippen LogP contribution in [0.5, 0.6) is 0 Å². The predicted molar refractivity (Wildman–Crippen MR) is 163 cm³/mol. The van der Waals surface area contributed by atoms with Gasteiger partial charge in [-0.05, 0) is 84.9 Å². The Labute approximate surface area is 263 Å². The number of hydrogen-bond donors (Lipinski definition) is 1. The number of carbonyl (C=O) groups is 4. The fourth-order valence-electron chi connectivity index (χ4n) is 10.5. The molecule has 1 N–H and O–H groups in total. The number of cyclic esters (lactones) is 1. The van der Waals surface area contributed by atoms with Crippen LogP contribution in [-0.4, -0.2) is 60.0 Å². The van der Waals surface area contributed by atoms with Crippen LogP contribution >= 0.6 is 0 Å². The van der Waals surface area contributed by atoms with Crippen LogP contribution in [0.4, 0.5) is 0 Å². The van der Waals surface area contributed by atoms with Crippen molar-refractivity contribution in [2.24, 2.45) is 58.2 Å². The molecule has 0 aromatic heterocycles. The first-order chi connectivity index (χ1) is 20.5. The predicted octanol–water partition coefficient (Wildman–Crippen LogP) is 5.49. The molecule has 0 aromatic carbocycles. The summed E-state index contributed by atoms with van der Waals surface area (Å²) in [5, 5.41) is 11.8. The molecule has 13 atom stereocenters. The summed E-state index contributed by atoms with van der Waals surface area (Å²) >= 11 is 0. The van der Waals surface area contributed by atoms with Gasteiger partial charge in [-0.1, -0.05) is 41.5 Å². The summed E-state index contributed by atoms with van der Waals surface area (Å²) < 4.78 is 23.1. The number of esters is 4. The van der Waals surface area contributed by atoms with Gasteiger partial charge in [0.05, 0.1) is 18.6 Å². The van der Waals surface area contributed by atoms with Gasteiger partial charge in [0.25, 0.3) is 0 Å². The van der Waals surface area contributed by atoms with E-state index in [1.165, 1.54) is 20.8 Å². The van der Waals surface area contributed by atoms with Crippen LogP contribution in [-0.2, 0) is 38.1 Å². The molecule has 0 bridgehead atoms. The Bertz CT molecular complexity index is 1090. The van der Waals surface area contributed by atoms with E-state index in [1.54, 1.807) is 0 Å². The number of hydrogen-bond acceptors (Lipinski definition) is 9. The minimum atomic E-state index is -0.778. The van der Waals surface area contributed by atoms with E-state index in [1.807, 2.05) is 0 Å². The first-order valence-electron chi connectivity index (χ1n) is 16.9. The highest BCUT2D eigenvalue weighted by Crippen LogP contribution is 2.66. The molecule has 250 valence electrons. The highest BCUT2D eigenvalue weighted by molar-refractivity contribution is 5.75. The first-order valence-corrected chi connectivity index (χ1v) is 16.9. The molecule has 4 aliphatic rings. The number of rotatable bonds is 9. The smallest absolute Gasteiger partial charge is 0.309 e. The fourth-order valence-corrected chi connectivity index (χ4v) is 10.5. The van der Waals surface area contributed by atoms with Crippen molar-refractivity contribution < 1.29 is 43.2 Å². The molecule has 0 radical (unpaired) electrons. The summed E-state index contributed by atoms with van der Waals surface area (Å²) in [7, 11) is 0. The lowest BCUT2D eigenvalue weighted by molar-refractivity contribution is -0.188. The zero-order valence-electron chi connectivity index (χ0n) is 28.3. The Kier molecular flexibility index (Phi) is 10.5. The largest absolute Gasteiger partial charge is 0.465 e. The van der Waals surface area contributed by atoms with E-state index < -0.39 is 47.7 Å². The molecule has 9 nitrogen and oxygen atoms in total. The van der Waals surface area contributed by atoms with Gasteiger partial charge in [0.2, 0.25) is 0 Å². The fraction of sp³-hybridized carbons (Fsp3) is 0.886. The van der Waals surface area contributed by atoms with Gasteiger partial charge in [-0.25, -0.2) is 0 Å². The van der Waals surface area contributed by atoms with Crippen molar-refractivity contribution in [2.75, 3.05) is 6.61 Å². The summed E-state index contributed by atoms with van der Waals surface area (Å²) in [4.78, 5) is 49.7. The van der Waals surface area contributed by atoms with E-state index >= 15 is 0 Å². The zero-order chi connectivity index (χ0) is 32.7. The summed E-state index contributed by atoms with van der Waals surface area (Å²) in [5.74, 6) is -0.920. The zero-order valence-corrected chi connectivity index (χ0v) is 28.3. The molecule has 0 aromatic rings. The molecule has 0 spiro atoms. The number of aliphatic hydroxyl groups excluding tert-OH is 1. The SMILES string of the molecule is CC[C@@H](C(C)C)C(OC(C)=O)C(O)[C@@H](C)[C@H]1CCC2C3COC(=O)C4C[C@H](OC(C)=O)[C@H](OC(C)=O)C[C@]4(C)C3CC[C@@]21C. The summed E-state index contributed by atoms with van der Waals surface area (Å²) in [6, 6.07) is 0. The van der Waals surface area contributed by atoms with E-state index in [0.29, 0.717) is 18.9 Å². The molecular formula is C35H56O9. The highest BCUT2D eigenvalue weighted by Gasteiger charge is 2.64. The second kappa shape index (κ2) is 13.3. The van der Waals surface area contributed by atoms with Crippen molar-refractivity contribution in [2.45, 2.75) is 132 Å². The maximum absolute atomic E-state index is 13.6. The van der Waals surface area contributed by atoms with Crippen LogP contribution < -0.4 is 0 Å². The Morgan fingerprint density at radius 1 is 0.932 bits per heavy atom. The number of fused-ring (bicyclic) bond motifs is 5. The summed E-state index contributed by atoms with van der Waals surface area (Å²) in [5.41, 5.74) is -0.555. The van der Waals surface area contributed by atoms with Gasteiger partial charge in [0, 0.05) is 33.1 Å². The van der Waals surface area contributed by atoms with Crippen molar-refractivity contribution >= 4 is 23.9 Å². The number of ether oxygens (including phenoxy) is 4. The minimum absolute atomic E-state index is 0.0579. The third-order valence-corrected chi connectivity index (χ3v) is 12.6. The van der Waals surface area contributed by atoms with E-state index in [2.05, 4.69) is 41.5 Å². The van der Waals surface area contributed by atoms with Gasteiger partial charge in [0.1, 0.15) is 18.3 Å². The molecule has 1 saturated heterocycles. The Hall–Kier alpha value is -2.16. The van der Waals surface area contributed by atoms with Gasteiger partial charge in [0.15, 0.2) is 0 Å². The maximum atomic E-state index is 13.6. The van der Waals surface area contributed by atoms with E-state index in [-0.39, 0.29) is 59.3 Å². The van der Waals surface area contributed by atoms with Gasteiger partial charge < -0.3 is 24.1 Å². The molecule has 9 heteroatoms. The first kappa shape index (κ1) is 34.7. The standard InChI is InChI=1S/C35H56O9/c1-10-23(18(2)3)32(44-22(7)38)31(39)19(4)25-11-12-26-24-17-41-33(40)28-15-29(42-20(5)36)30(43-21(6)37)16-35(28,9)27(24)13-14-34(25,26)8/h18-19,23-32,39H,10-17H2,1-9H3/t19-,23-,24?,25+,26?,27?,28?,29-,30+,31?,32?,34+,35+/m0/s1. The monoisotopic (exact) mass is 620 g/mol. The molecule has 3 aliphatic carbocycles. The lowest BCUT2D eigenvalue weighted by Crippen LogP contribution is -2.56. The van der Waals surface area contributed by atoms with E-state index in [9.17, 15) is 24.3 Å². The summed E-state index contributed by atoms with van der Waals surface area (Å²) in [6.45, 7) is 17.4. The quantitative estimate of drug-likeness (QED) is 0.263. The number of carbonyl (C=O) groups excluding carboxylic acids is 4.